The fraction of sp³-hybridized carbons (Fsp3) is 0.0769. The Morgan fingerprint density at radius 3 is 2.46 bits per heavy atom. The molecule has 0 saturated carbocycles. The van der Waals surface area contributed by atoms with Crippen molar-refractivity contribution in [2.75, 3.05) is 6.26 Å². The van der Waals surface area contributed by atoms with Gasteiger partial charge in [-0.2, -0.15) is 10.1 Å². The smallest absolute Gasteiger partial charge is 0.281 e. The number of aliphatic imine (C=N–C) groups is 1. The lowest BCUT2D eigenvalue weighted by Crippen LogP contribution is -2.24. The number of nitrogens with zero attached hydrogens (tertiary/aromatic N) is 2. The maximum absolute atomic E-state index is 12.1. The third kappa shape index (κ3) is 3.78. The molecule has 24 heavy (non-hydrogen) atoms. The Kier molecular flexibility index (Phi) is 4.71. The minimum absolute atomic E-state index is 0.0691. The van der Waals surface area contributed by atoms with E-state index in [4.69, 9.17) is 23.1 Å². The molecule has 126 valence electrons. The number of rotatable bonds is 3. The van der Waals surface area contributed by atoms with Crippen molar-refractivity contribution in [1.29, 1.82) is 0 Å². The highest BCUT2D eigenvalue weighted by atomic mass is 35.5. The molecule has 1 aromatic heterocycles. The number of amides is 1. The van der Waals surface area contributed by atoms with Crippen LogP contribution < -0.4 is 17.0 Å². The van der Waals surface area contributed by atoms with Gasteiger partial charge in [-0.1, -0.05) is 11.6 Å². The van der Waals surface area contributed by atoms with E-state index in [0.29, 0.717) is 0 Å². The summed E-state index contributed by atoms with van der Waals surface area (Å²) >= 11 is 6.04. The Labute approximate surface area is 141 Å². The fourth-order valence-corrected chi connectivity index (χ4v) is 3.04. The molecule has 0 spiro atoms. The highest BCUT2D eigenvalue weighted by Gasteiger charge is 2.21. The zero-order chi connectivity index (χ0) is 18.1. The van der Waals surface area contributed by atoms with Gasteiger partial charge in [0, 0.05) is 17.9 Å². The molecule has 0 saturated heterocycles. The number of sulfone groups is 1. The van der Waals surface area contributed by atoms with Crippen LogP contribution in [-0.2, 0) is 9.84 Å². The first-order valence-corrected chi connectivity index (χ1v) is 8.60. The van der Waals surface area contributed by atoms with Gasteiger partial charge in [0.1, 0.15) is 0 Å². The Bertz CT molecular complexity index is 989. The molecule has 1 amide bonds. The number of aromatic nitrogens is 2. The predicted octanol–water partition coefficient (Wildman–Crippen LogP) is -0.0926. The van der Waals surface area contributed by atoms with E-state index < -0.39 is 27.3 Å². The van der Waals surface area contributed by atoms with Crippen molar-refractivity contribution in [2.24, 2.45) is 16.5 Å². The van der Waals surface area contributed by atoms with Gasteiger partial charge in [-0.15, -0.1) is 0 Å². The number of guanidine groups is 1. The Balaban J connectivity index is 2.76. The summed E-state index contributed by atoms with van der Waals surface area (Å²) in [6.07, 6.45) is 0.959. The zero-order valence-electron chi connectivity index (χ0n) is 12.3. The topological polar surface area (TPSA) is 161 Å². The van der Waals surface area contributed by atoms with Crippen LogP contribution in [0.3, 0.4) is 0 Å². The fourth-order valence-electron chi connectivity index (χ4n) is 1.90. The van der Waals surface area contributed by atoms with Gasteiger partial charge in [-0.25, -0.2) is 13.5 Å². The minimum atomic E-state index is -3.75. The van der Waals surface area contributed by atoms with E-state index in [-0.39, 0.29) is 26.7 Å². The molecule has 0 fully saturated rings. The van der Waals surface area contributed by atoms with Gasteiger partial charge in [0.15, 0.2) is 15.8 Å². The average molecular weight is 370 g/mol. The number of aromatic amines is 1. The highest BCUT2D eigenvalue weighted by Crippen LogP contribution is 2.31. The van der Waals surface area contributed by atoms with Crippen molar-refractivity contribution in [1.82, 2.24) is 10.2 Å². The SMILES string of the molecule is CS(=O)(=O)c1cc(C(=O)N=C(N)N)c(Cl)cc1-c1ccc(=O)[nH]n1. The van der Waals surface area contributed by atoms with Gasteiger partial charge in [0.2, 0.25) is 0 Å². The standard InChI is InChI=1S/C13H12ClN5O4S/c1-24(22,23)10-5-6(12(21)17-13(15)16)8(14)4-7(10)9-2-3-11(20)19-18-9/h2-5H,1H3,(H,19,20)(H4,15,16,17,21). The van der Waals surface area contributed by atoms with Gasteiger partial charge >= 0.3 is 0 Å². The van der Waals surface area contributed by atoms with Crippen LogP contribution in [0, 0.1) is 0 Å². The van der Waals surface area contributed by atoms with Crippen molar-refractivity contribution in [3.63, 3.8) is 0 Å². The molecule has 2 rings (SSSR count). The average Bonchev–Trinajstić information content (AvgIpc) is 2.45. The summed E-state index contributed by atoms with van der Waals surface area (Å²) in [5, 5.41) is 5.90. The Morgan fingerprint density at radius 2 is 1.96 bits per heavy atom. The molecule has 11 heteroatoms. The van der Waals surface area contributed by atoms with Crippen molar-refractivity contribution in [3.8, 4) is 11.3 Å². The number of H-pyrrole nitrogens is 1. The number of nitrogens with two attached hydrogens (primary N) is 2. The first-order chi connectivity index (χ1) is 11.1. The van der Waals surface area contributed by atoms with E-state index in [1.54, 1.807) is 0 Å². The molecular weight excluding hydrogens is 358 g/mol. The molecule has 0 aliphatic rings. The van der Waals surface area contributed by atoms with E-state index in [1.165, 1.54) is 18.2 Å². The molecule has 1 heterocycles. The molecule has 5 N–H and O–H groups in total. The molecule has 0 atom stereocenters. The summed E-state index contributed by atoms with van der Waals surface area (Å²) in [4.78, 5) is 26.2. The zero-order valence-corrected chi connectivity index (χ0v) is 13.9. The largest absolute Gasteiger partial charge is 0.370 e. The monoisotopic (exact) mass is 369 g/mol. The first kappa shape index (κ1) is 17.6. The van der Waals surface area contributed by atoms with Crippen LogP contribution in [-0.4, -0.2) is 36.7 Å². The van der Waals surface area contributed by atoms with Crippen molar-refractivity contribution in [3.05, 3.63) is 45.2 Å². The van der Waals surface area contributed by atoms with E-state index in [2.05, 4.69) is 15.2 Å². The lowest BCUT2D eigenvalue weighted by Gasteiger charge is -2.10. The van der Waals surface area contributed by atoms with Crippen molar-refractivity contribution < 1.29 is 13.2 Å². The summed E-state index contributed by atoms with van der Waals surface area (Å²) in [5.74, 6) is -1.37. The summed E-state index contributed by atoms with van der Waals surface area (Å²) < 4.78 is 24.1. The molecule has 0 bridgehead atoms. The van der Waals surface area contributed by atoms with Gasteiger partial charge in [0.05, 0.1) is 21.2 Å². The van der Waals surface area contributed by atoms with Gasteiger partial charge in [0.25, 0.3) is 11.5 Å². The summed E-state index contributed by atoms with van der Waals surface area (Å²) in [6.45, 7) is 0. The van der Waals surface area contributed by atoms with Gasteiger partial charge in [-0.05, 0) is 18.2 Å². The summed E-state index contributed by atoms with van der Waals surface area (Å²) in [6, 6.07) is 4.82. The van der Waals surface area contributed by atoms with Gasteiger partial charge < -0.3 is 11.5 Å². The molecule has 2 aromatic rings. The normalized spacial score (nSPS) is 11.1. The van der Waals surface area contributed by atoms with Crippen molar-refractivity contribution >= 4 is 33.3 Å². The summed E-state index contributed by atoms with van der Waals surface area (Å²) in [5.41, 5.74) is 9.94. The molecule has 9 nitrogen and oxygen atoms in total. The van der Waals surface area contributed by atoms with Crippen LogP contribution in [0.5, 0.6) is 0 Å². The molecule has 0 aliphatic carbocycles. The van der Waals surface area contributed by atoms with E-state index in [9.17, 15) is 18.0 Å². The molecule has 0 aliphatic heterocycles. The molecular formula is C13H12ClN5O4S. The molecule has 1 aromatic carbocycles. The summed E-state index contributed by atoms with van der Waals surface area (Å²) in [7, 11) is -3.75. The maximum Gasteiger partial charge on any atom is 0.281 e. The number of carbonyl (C=O) groups excluding carboxylic acids is 1. The van der Waals surface area contributed by atoms with Crippen LogP contribution in [0.15, 0.2) is 38.9 Å². The number of nitrogens with one attached hydrogen (secondary N) is 1. The third-order valence-electron chi connectivity index (χ3n) is 2.88. The second kappa shape index (κ2) is 6.42. The van der Waals surface area contributed by atoms with Crippen LogP contribution in [0.4, 0.5) is 0 Å². The second-order valence-electron chi connectivity index (χ2n) is 4.75. The highest BCUT2D eigenvalue weighted by molar-refractivity contribution is 7.90. The van der Waals surface area contributed by atoms with Gasteiger partial charge in [-0.3, -0.25) is 9.59 Å². The molecule has 0 radical (unpaired) electrons. The number of hydrogen-bond acceptors (Lipinski definition) is 5. The number of hydrogen-bond donors (Lipinski definition) is 3. The van der Waals surface area contributed by atoms with Crippen LogP contribution >= 0.6 is 11.6 Å². The number of halogens is 1. The quantitative estimate of drug-likeness (QED) is 0.502. The van der Waals surface area contributed by atoms with E-state index in [0.717, 1.165) is 12.3 Å². The lowest BCUT2D eigenvalue weighted by molar-refractivity contribution is 0.100. The van der Waals surface area contributed by atoms with Crippen LogP contribution in [0.1, 0.15) is 10.4 Å². The van der Waals surface area contributed by atoms with E-state index >= 15 is 0 Å². The minimum Gasteiger partial charge on any atom is -0.370 e. The van der Waals surface area contributed by atoms with Crippen LogP contribution in [0.2, 0.25) is 5.02 Å². The predicted molar refractivity (Wildman–Crippen MR) is 88.6 cm³/mol. The van der Waals surface area contributed by atoms with E-state index in [1.807, 2.05) is 0 Å². The second-order valence-corrected chi connectivity index (χ2v) is 7.14. The lowest BCUT2D eigenvalue weighted by atomic mass is 10.1. The third-order valence-corrected chi connectivity index (χ3v) is 4.33. The number of benzene rings is 1. The number of carbonyl (C=O) groups is 1. The van der Waals surface area contributed by atoms with Crippen molar-refractivity contribution in [2.45, 2.75) is 4.90 Å². The maximum atomic E-state index is 12.1. The first-order valence-electron chi connectivity index (χ1n) is 6.33. The van der Waals surface area contributed by atoms with Crippen LogP contribution in [0.25, 0.3) is 11.3 Å². The molecule has 0 unspecified atom stereocenters. The Hall–Kier alpha value is -2.72. The Morgan fingerprint density at radius 1 is 1.29 bits per heavy atom.